The molecule has 0 bridgehead atoms. The summed E-state index contributed by atoms with van der Waals surface area (Å²) in [5.41, 5.74) is -0.640. The Labute approximate surface area is 145 Å². The fourth-order valence-electron chi connectivity index (χ4n) is 2.94. The lowest BCUT2D eigenvalue weighted by Gasteiger charge is -2.33. The van der Waals surface area contributed by atoms with Crippen LogP contribution in [0.15, 0.2) is 29.2 Å². The molecule has 0 saturated carbocycles. The summed E-state index contributed by atoms with van der Waals surface area (Å²) in [6.07, 6.45) is -4.74. The molecule has 0 atom stereocenters. The van der Waals surface area contributed by atoms with Crippen molar-refractivity contribution >= 4 is 5.82 Å². The molecule has 4 nitrogen and oxygen atoms in total. The molecule has 0 spiro atoms. The van der Waals surface area contributed by atoms with Crippen molar-refractivity contribution in [3.05, 3.63) is 45.9 Å². The Kier molecular flexibility index (Phi) is 4.49. The molecule has 0 aromatic carbocycles. The van der Waals surface area contributed by atoms with E-state index in [1.807, 2.05) is 0 Å². The van der Waals surface area contributed by atoms with Crippen LogP contribution < -0.4 is 10.3 Å². The van der Waals surface area contributed by atoms with Crippen LogP contribution in [0.5, 0.6) is 0 Å². The maximum atomic E-state index is 13.4. The van der Waals surface area contributed by atoms with Gasteiger partial charge >= 0.3 is 6.18 Å². The molecule has 0 radical (unpaired) electrons. The number of halogens is 5. The number of aryl methyl sites for hydroxylation is 1. The first-order chi connectivity index (χ1) is 12.0. The van der Waals surface area contributed by atoms with E-state index in [1.54, 1.807) is 6.92 Å². The van der Waals surface area contributed by atoms with E-state index >= 15 is 0 Å². The second-order valence-electron chi connectivity index (χ2n) is 6.35. The third kappa shape index (κ3) is 3.86. The number of nitrogens with one attached hydrogen (secondary N) is 1. The zero-order chi connectivity index (χ0) is 19.1. The smallest absolute Gasteiger partial charge is 0.358 e. The average molecular weight is 373 g/mol. The number of hydrogen-bond donors (Lipinski definition) is 1. The molecule has 1 saturated heterocycles. The standard InChI is InChI=1S/C17H16F5N3O/c1-10-6-12(26)8-14(24-10)13-7-11(17(20,21)22)9-23-15(13)25-4-2-16(18,19)3-5-25/h6-9H,2-5H2,1H3,(H,24,26). The Morgan fingerprint density at radius 1 is 1.15 bits per heavy atom. The van der Waals surface area contributed by atoms with Gasteiger partial charge in [0.05, 0.1) is 11.3 Å². The number of pyridine rings is 2. The summed E-state index contributed by atoms with van der Waals surface area (Å²) < 4.78 is 66.1. The van der Waals surface area contributed by atoms with Crippen molar-refractivity contribution < 1.29 is 22.0 Å². The summed E-state index contributed by atoms with van der Waals surface area (Å²) >= 11 is 0. The highest BCUT2D eigenvalue weighted by molar-refractivity contribution is 5.74. The quantitative estimate of drug-likeness (QED) is 0.810. The molecule has 1 aliphatic heterocycles. The van der Waals surface area contributed by atoms with E-state index in [4.69, 9.17) is 0 Å². The molecule has 140 valence electrons. The number of anilines is 1. The number of alkyl halides is 5. The van der Waals surface area contributed by atoms with Crippen LogP contribution in [0, 0.1) is 6.92 Å². The van der Waals surface area contributed by atoms with Crippen molar-refractivity contribution in [1.82, 2.24) is 9.97 Å². The average Bonchev–Trinajstić information content (AvgIpc) is 2.52. The van der Waals surface area contributed by atoms with Crippen LogP contribution >= 0.6 is 0 Å². The number of rotatable bonds is 2. The predicted octanol–water partition coefficient (Wildman–Crippen LogP) is 4.00. The number of aromatic amines is 1. The summed E-state index contributed by atoms with van der Waals surface area (Å²) in [6, 6.07) is 3.37. The molecule has 2 aromatic rings. The van der Waals surface area contributed by atoms with Gasteiger partial charge in [0.25, 0.3) is 5.92 Å². The Morgan fingerprint density at radius 3 is 2.38 bits per heavy atom. The van der Waals surface area contributed by atoms with Crippen molar-refractivity contribution in [2.45, 2.75) is 31.9 Å². The van der Waals surface area contributed by atoms with E-state index in [2.05, 4.69) is 9.97 Å². The molecule has 1 aliphatic rings. The zero-order valence-corrected chi connectivity index (χ0v) is 13.8. The van der Waals surface area contributed by atoms with Gasteiger partial charge in [-0.25, -0.2) is 13.8 Å². The Balaban J connectivity index is 2.11. The Morgan fingerprint density at radius 2 is 1.81 bits per heavy atom. The second kappa shape index (κ2) is 6.37. The lowest BCUT2D eigenvalue weighted by atomic mass is 10.0. The van der Waals surface area contributed by atoms with Gasteiger partial charge in [0, 0.05) is 55.5 Å². The number of hydrogen-bond acceptors (Lipinski definition) is 3. The van der Waals surface area contributed by atoms with Gasteiger partial charge in [0.2, 0.25) is 0 Å². The topological polar surface area (TPSA) is 49.0 Å². The summed E-state index contributed by atoms with van der Waals surface area (Å²) in [5.74, 6) is -2.64. The van der Waals surface area contributed by atoms with Crippen molar-refractivity contribution in [2.24, 2.45) is 0 Å². The number of piperidine rings is 1. The molecule has 3 heterocycles. The van der Waals surface area contributed by atoms with Gasteiger partial charge in [-0.2, -0.15) is 13.2 Å². The first kappa shape index (κ1) is 18.3. The fourth-order valence-corrected chi connectivity index (χ4v) is 2.94. The van der Waals surface area contributed by atoms with Crippen molar-refractivity contribution in [1.29, 1.82) is 0 Å². The van der Waals surface area contributed by atoms with Crippen LogP contribution in [0.3, 0.4) is 0 Å². The van der Waals surface area contributed by atoms with Crippen molar-refractivity contribution in [3.8, 4) is 11.3 Å². The molecule has 9 heteroatoms. The minimum Gasteiger partial charge on any atom is -0.358 e. The van der Waals surface area contributed by atoms with E-state index in [9.17, 15) is 26.7 Å². The molecule has 3 rings (SSSR count). The minimum atomic E-state index is -4.61. The third-order valence-corrected chi connectivity index (χ3v) is 4.26. The summed E-state index contributed by atoms with van der Waals surface area (Å²) in [7, 11) is 0. The first-order valence-electron chi connectivity index (χ1n) is 7.96. The number of nitrogens with zero attached hydrogens (tertiary/aromatic N) is 2. The van der Waals surface area contributed by atoms with E-state index in [-0.39, 0.29) is 35.6 Å². The highest BCUT2D eigenvalue weighted by atomic mass is 19.4. The normalized spacial score (nSPS) is 17.4. The van der Waals surface area contributed by atoms with Gasteiger partial charge in [-0.1, -0.05) is 0 Å². The molecule has 2 aromatic heterocycles. The van der Waals surface area contributed by atoms with Gasteiger partial charge in [0.1, 0.15) is 5.82 Å². The van der Waals surface area contributed by atoms with Crippen molar-refractivity contribution in [3.63, 3.8) is 0 Å². The SMILES string of the molecule is Cc1cc(=O)cc(-c2cc(C(F)(F)F)cnc2N2CCC(F)(F)CC2)[nH]1. The van der Waals surface area contributed by atoms with Crippen LogP contribution in [-0.4, -0.2) is 29.0 Å². The lowest BCUT2D eigenvalue weighted by Crippen LogP contribution is -2.40. The van der Waals surface area contributed by atoms with Crippen LogP contribution in [-0.2, 0) is 6.18 Å². The molecule has 1 N–H and O–H groups in total. The van der Waals surface area contributed by atoms with Gasteiger partial charge in [-0.05, 0) is 13.0 Å². The summed E-state index contributed by atoms with van der Waals surface area (Å²) in [5, 5.41) is 0. The first-order valence-corrected chi connectivity index (χ1v) is 7.96. The van der Waals surface area contributed by atoms with Crippen molar-refractivity contribution in [2.75, 3.05) is 18.0 Å². The zero-order valence-electron chi connectivity index (χ0n) is 13.8. The van der Waals surface area contributed by atoms with Gasteiger partial charge in [-0.3, -0.25) is 4.79 Å². The maximum absolute atomic E-state index is 13.4. The number of aromatic nitrogens is 2. The van der Waals surface area contributed by atoms with Crippen LogP contribution in [0.4, 0.5) is 27.8 Å². The van der Waals surface area contributed by atoms with Crippen LogP contribution in [0.25, 0.3) is 11.3 Å². The van der Waals surface area contributed by atoms with E-state index < -0.39 is 30.5 Å². The van der Waals surface area contributed by atoms with Crippen LogP contribution in [0.2, 0.25) is 0 Å². The highest BCUT2D eigenvalue weighted by Gasteiger charge is 2.36. The van der Waals surface area contributed by atoms with Gasteiger partial charge < -0.3 is 9.88 Å². The molecular formula is C17H16F5N3O. The van der Waals surface area contributed by atoms with Crippen LogP contribution in [0.1, 0.15) is 24.1 Å². The second-order valence-corrected chi connectivity index (χ2v) is 6.35. The largest absolute Gasteiger partial charge is 0.417 e. The molecule has 0 aliphatic carbocycles. The molecule has 0 amide bonds. The van der Waals surface area contributed by atoms with E-state index in [0.717, 1.165) is 6.07 Å². The monoisotopic (exact) mass is 373 g/mol. The molecular weight excluding hydrogens is 357 g/mol. The maximum Gasteiger partial charge on any atom is 0.417 e. The van der Waals surface area contributed by atoms with E-state index in [0.29, 0.717) is 11.9 Å². The predicted molar refractivity (Wildman–Crippen MR) is 86.4 cm³/mol. The third-order valence-electron chi connectivity index (χ3n) is 4.26. The lowest BCUT2D eigenvalue weighted by molar-refractivity contribution is -0.137. The highest BCUT2D eigenvalue weighted by Crippen LogP contribution is 2.37. The molecule has 1 fully saturated rings. The van der Waals surface area contributed by atoms with Gasteiger partial charge in [0.15, 0.2) is 5.43 Å². The summed E-state index contributed by atoms with van der Waals surface area (Å²) in [6.45, 7) is 1.54. The summed E-state index contributed by atoms with van der Waals surface area (Å²) in [4.78, 5) is 20.0. The fraction of sp³-hybridized carbons (Fsp3) is 0.412. The van der Waals surface area contributed by atoms with E-state index in [1.165, 1.54) is 17.0 Å². The minimum absolute atomic E-state index is 0.0333. The Hall–Kier alpha value is -2.45. The number of H-pyrrole nitrogens is 1. The molecule has 26 heavy (non-hydrogen) atoms. The Bertz CT molecular complexity index is 865. The van der Waals surface area contributed by atoms with Gasteiger partial charge in [-0.15, -0.1) is 0 Å². The molecule has 0 unspecified atom stereocenters.